The lowest BCUT2D eigenvalue weighted by Gasteiger charge is -2.32. The van der Waals surface area contributed by atoms with Crippen molar-refractivity contribution in [3.05, 3.63) is 0 Å². The summed E-state index contributed by atoms with van der Waals surface area (Å²) < 4.78 is 0. The molecule has 2 N–H and O–H groups in total. The van der Waals surface area contributed by atoms with E-state index in [2.05, 4.69) is 31.4 Å². The summed E-state index contributed by atoms with van der Waals surface area (Å²) in [5, 5.41) is 6.24. The van der Waals surface area contributed by atoms with Gasteiger partial charge in [-0.3, -0.25) is 0 Å². The Morgan fingerprint density at radius 1 is 1.12 bits per heavy atom. The highest BCUT2D eigenvalue weighted by atomic mass is 16.2. The minimum absolute atomic E-state index is 0.0112. The summed E-state index contributed by atoms with van der Waals surface area (Å²) in [5.74, 6) is 0. The standard InChI is InChI=1S/C13H26N2O/c1-4-13(5-2,6-3)15-12(16)14-11-9-7-8-10-11/h11H,4-10H2,1-3H3,(H2,14,15,16). The van der Waals surface area contributed by atoms with Crippen molar-refractivity contribution >= 4 is 6.03 Å². The summed E-state index contributed by atoms with van der Waals surface area (Å²) in [4.78, 5) is 11.9. The van der Waals surface area contributed by atoms with E-state index in [9.17, 15) is 4.79 Å². The molecule has 0 aliphatic heterocycles. The van der Waals surface area contributed by atoms with Crippen LogP contribution in [0.3, 0.4) is 0 Å². The minimum atomic E-state index is -0.0112. The molecule has 1 aliphatic rings. The predicted octanol–water partition coefficient (Wildman–Crippen LogP) is 3.20. The Labute approximate surface area is 99.4 Å². The van der Waals surface area contributed by atoms with Gasteiger partial charge in [-0.15, -0.1) is 0 Å². The van der Waals surface area contributed by atoms with Crippen molar-refractivity contribution in [1.29, 1.82) is 0 Å². The molecule has 0 aromatic carbocycles. The van der Waals surface area contributed by atoms with Gasteiger partial charge in [0, 0.05) is 11.6 Å². The van der Waals surface area contributed by atoms with Crippen LogP contribution in [-0.2, 0) is 0 Å². The van der Waals surface area contributed by atoms with Gasteiger partial charge in [0.25, 0.3) is 0 Å². The Bertz CT molecular complexity index is 210. The average molecular weight is 226 g/mol. The molecule has 1 rings (SSSR count). The maximum atomic E-state index is 11.9. The van der Waals surface area contributed by atoms with E-state index in [-0.39, 0.29) is 11.6 Å². The second kappa shape index (κ2) is 6.12. The molecule has 3 heteroatoms. The molecule has 16 heavy (non-hydrogen) atoms. The van der Waals surface area contributed by atoms with Gasteiger partial charge in [0.1, 0.15) is 0 Å². The van der Waals surface area contributed by atoms with E-state index >= 15 is 0 Å². The number of carbonyl (C=O) groups is 1. The molecular weight excluding hydrogens is 200 g/mol. The normalized spacial score (nSPS) is 17.4. The Morgan fingerprint density at radius 2 is 1.62 bits per heavy atom. The molecule has 0 atom stereocenters. The van der Waals surface area contributed by atoms with Crippen molar-refractivity contribution in [2.24, 2.45) is 0 Å². The Balaban J connectivity index is 2.41. The van der Waals surface area contributed by atoms with E-state index in [0.29, 0.717) is 6.04 Å². The smallest absolute Gasteiger partial charge is 0.315 e. The molecular formula is C13H26N2O. The van der Waals surface area contributed by atoms with Gasteiger partial charge in [-0.25, -0.2) is 4.79 Å². The van der Waals surface area contributed by atoms with Crippen molar-refractivity contribution in [1.82, 2.24) is 10.6 Å². The molecule has 1 saturated carbocycles. The minimum Gasteiger partial charge on any atom is -0.335 e. The van der Waals surface area contributed by atoms with Crippen LogP contribution in [0.2, 0.25) is 0 Å². The van der Waals surface area contributed by atoms with Crippen LogP contribution in [0.1, 0.15) is 65.7 Å². The van der Waals surface area contributed by atoms with E-state index < -0.39 is 0 Å². The Morgan fingerprint density at radius 3 is 2.06 bits per heavy atom. The summed E-state index contributed by atoms with van der Waals surface area (Å²) >= 11 is 0. The zero-order valence-corrected chi connectivity index (χ0v) is 10.9. The van der Waals surface area contributed by atoms with Gasteiger partial charge in [0.2, 0.25) is 0 Å². The summed E-state index contributed by atoms with van der Waals surface area (Å²) in [6.45, 7) is 6.43. The van der Waals surface area contributed by atoms with Gasteiger partial charge in [0.05, 0.1) is 0 Å². The van der Waals surface area contributed by atoms with Crippen LogP contribution in [0.4, 0.5) is 4.79 Å². The molecule has 0 aromatic rings. The van der Waals surface area contributed by atoms with E-state index in [4.69, 9.17) is 0 Å². The van der Waals surface area contributed by atoms with E-state index in [1.54, 1.807) is 0 Å². The van der Waals surface area contributed by atoms with Crippen molar-refractivity contribution in [3.8, 4) is 0 Å². The van der Waals surface area contributed by atoms with Crippen molar-refractivity contribution in [2.45, 2.75) is 77.3 Å². The topological polar surface area (TPSA) is 41.1 Å². The van der Waals surface area contributed by atoms with E-state index in [0.717, 1.165) is 32.1 Å². The van der Waals surface area contributed by atoms with Gasteiger partial charge < -0.3 is 10.6 Å². The number of carbonyl (C=O) groups excluding carboxylic acids is 1. The molecule has 0 spiro atoms. The summed E-state index contributed by atoms with van der Waals surface area (Å²) in [6, 6.07) is 0.431. The van der Waals surface area contributed by atoms with Gasteiger partial charge in [0.15, 0.2) is 0 Å². The van der Waals surface area contributed by atoms with Gasteiger partial charge in [-0.05, 0) is 32.1 Å². The van der Waals surface area contributed by atoms with Crippen LogP contribution < -0.4 is 10.6 Å². The Hall–Kier alpha value is -0.730. The fourth-order valence-corrected chi connectivity index (χ4v) is 2.55. The highest BCUT2D eigenvalue weighted by Gasteiger charge is 2.27. The average Bonchev–Trinajstić information content (AvgIpc) is 2.79. The van der Waals surface area contributed by atoms with Crippen LogP contribution in [0.5, 0.6) is 0 Å². The maximum absolute atomic E-state index is 11.9. The number of rotatable bonds is 5. The van der Waals surface area contributed by atoms with Crippen molar-refractivity contribution in [2.75, 3.05) is 0 Å². The van der Waals surface area contributed by atoms with Crippen LogP contribution in [0.25, 0.3) is 0 Å². The lowest BCUT2D eigenvalue weighted by atomic mass is 9.90. The first kappa shape index (κ1) is 13.3. The summed E-state index contributed by atoms with van der Waals surface area (Å²) in [5.41, 5.74) is -0.0112. The second-order valence-corrected chi connectivity index (χ2v) is 4.92. The number of hydrogen-bond acceptors (Lipinski definition) is 1. The molecule has 0 bridgehead atoms. The molecule has 0 aromatic heterocycles. The number of hydrogen-bond donors (Lipinski definition) is 2. The fraction of sp³-hybridized carbons (Fsp3) is 0.923. The molecule has 0 radical (unpaired) electrons. The molecule has 1 aliphatic carbocycles. The highest BCUT2D eigenvalue weighted by molar-refractivity contribution is 5.75. The molecule has 3 nitrogen and oxygen atoms in total. The first-order valence-corrected chi connectivity index (χ1v) is 6.74. The SMILES string of the molecule is CCC(CC)(CC)NC(=O)NC1CCCC1. The lowest BCUT2D eigenvalue weighted by Crippen LogP contribution is -2.52. The number of nitrogens with one attached hydrogen (secondary N) is 2. The molecule has 0 saturated heterocycles. The molecule has 0 unspecified atom stereocenters. The quantitative estimate of drug-likeness (QED) is 0.742. The second-order valence-electron chi connectivity index (χ2n) is 4.92. The van der Waals surface area contributed by atoms with E-state index in [1.807, 2.05) is 0 Å². The van der Waals surface area contributed by atoms with Crippen LogP contribution in [-0.4, -0.2) is 17.6 Å². The first-order valence-electron chi connectivity index (χ1n) is 6.74. The third-order valence-electron chi connectivity index (χ3n) is 4.10. The summed E-state index contributed by atoms with van der Waals surface area (Å²) in [7, 11) is 0. The third-order valence-corrected chi connectivity index (χ3v) is 4.10. The highest BCUT2D eigenvalue weighted by Crippen LogP contribution is 2.20. The molecule has 2 amide bonds. The number of urea groups is 1. The third kappa shape index (κ3) is 3.39. The molecule has 94 valence electrons. The molecule has 0 heterocycles. The van der Waals surface area contributed by atoms with Crippen LogP contribution in [0.15, 0.2) is 0 Å². The Kier molecular flexibility index (Phi) is 5.10. The zero-order chi connectivity index (χ0) is 12.0. The maximum Gasteiger partial charge on any atom is 0.315 e. The van der Waals surface area contributed by atoms with Crippen LogP contribution in [0, 0.1) is 0 Å². The predicted molar refractivity (Wildman–Crippen MR) is 67.5 cm³/mol. The fourth-order valence-electron chi connectivity index (χ4n) is 2.55. The van der Waals surface area contributed by atoms with E-state index in [1.165, 1.54) is 12.8 Å². The lowest BCUT2D eigenvalue weighted by molar-refractivity contribution is 0.214. The van der Waals surface area contributed by atoms with Gasteiger partial charge in [-0.1, -0.05) is 33.6 Å². The van der Waals surface area contributed by atoms with Crippen molar-refractivity contribution in [3.63, 3.8) is 0 Å². The van der Waals surface area contributed by atoms with Gasteiger partial charge in [-0.2, -0.15) is 0 Å². The zero-order valence-electron chi connectivity index (χ0n) is 10.9. The van der Waals surface area contributed by atoms with Crippen LogP contribution >= 0.6 is 0 Å². The largest absolute Gasteiger partial charge is 0.335 e. The molecule has 1 fully saturated rings. The first-order chi connectivity index (χ1) is 7.65. The number of amides is 2. The van der Waals surface area contributed by atoms with Gasteiger partial charge >= 0.3 is 6.03 Å². The monoisotopic (exact) mass is 226 g/mol. The van der Waals surface area contributed by atoms with Crippen molar-refractivity contribution < 1.29 is 4.79 Å². The summed E-state index contributed by atoms with van der Waals surface area (Å²) in [6.07, 6.45) is 7.79.